The Morgan fingerprint density at radius 2 is 2.00 bits per heavy atom. The first kappa shape index (κ1) is 20.2. The van der Waals surface area contributed by atoms with Crippen molar-refractivity contribution in [2.45, 2.75) is 30.8 Å². The van der Waals surface area contributed by atoms with Crippen LogP contribution in [0.15, 0.2) is 42.5 Å². The zero-order chi connectivity index (χ0) is 21.9. The molecule has 0 unspecified atom stereocenters. The van der Waals surface area contributed by atoms with Gasteiger partial charge < -0.3 is 19.7 Å². The third-order valence-corrected chi connectivity index (χ3v) is 7.56. The highest BCUT2D eigenvalue weighted by Gasteiger charge is 2.53. The Kier molecular flexibility index (Phi) is 4.79. The molecule has 168 valence electrons. The van der Waals surface area contributed by atoms with Gasteiger partial charge in [0.05, 0.1) is 19.8 Å². The molecule has 0 amide bonds. The van der Waals surface area contributed by atoms with E-state index in [2.05, 4.69) is 20.9 Å². The molecule has 2 fully saturated rings. The molecule has 1 atom stereocenters. The van der Waals surface area contributed by atoms with Crippen molar-refractivity contribution in [1.82, 2.24) is 14.8 Å². The molecule has 32 heavy (non-hydrogen) atoms. The molecule has 1 spiro atoms. The van der Waals surface area contributed by atoms with Crippen molar-refractivity contribution in [3.63, 3.8) is 0 Å². The Hall–Kier alpha value is -2.41. The molecule has 0 radical (unpaired) electrons. The van der Waals surface area contributed by atoms with E-state index < -0.39 is 0 Å². The molecule has 1 saturated carbocycles. The number of aromatic amines is 1. The molecule has 6 heteroatoms. The van der Waals surface area contributed by atoms with Gasteiger partial charge in [-0.15, -0.1) is 0 Å². The van der Waals surface area contributed by atoms with E-state index in [1.54, 1.807) is 19.2 Å². The second-order valence-electron chi connectivity index (χ2n) is 9.95. The van der Waals surface area contributed by atoms with Gasteiger partial charge in [0.25, 0.3) is 0 Å². The number of likely N-dealkylation sites (tertiary alicyclic amines) is 1. The Morgan fingerprint density at radius 3 is 2.72 bits per heavy atom. The van der Waals surface area contributed by atoms with Crippen LogP contribution >= 0.6 is 0 Å². The maximum Gasteiger partial charge on any atom is 0.123 e. The molecule has 2 aromatic carbocycles. The van der Waals surface area contributed by atoms with Crippen LogP contribution in [0, 0.1) is 11.7 Å². The molecule has 1 aliphatic carbocycles. The average molecular weight is 436 g/mol. The first-order valence-corrected chi connectivity index (χ1v) is 11.6. The van der Waals surface area contributed by atoms with Crippen molar-refractivity contribution in [1.29, 1.82) is 0 Å². The summed E-state index contributed by atoms with van der Waals surface area (Å²) in [6.07, 6.45) is 2.72. The van der Waals surface area contributed by atoms with Gasteiger partial charge in [-0.25, -0.2) is 4.39 Å². The van der Waals surface area contributed by atoms with Crippen molar-refractivity contribution in [2.24, 2.45) is 5.92 Å². The molecular formula is C26H30FN3O2. The van der Waals surface area contributed by atoms with Crippen LogP contribution in [-0.2, 0) is 12.0 Å². The predicted molar refractivity (Wildman–Crippen MR) is 122 cm³/mol. The minimum atomic E-state index is -0.215. The maximum absolute atomic E-state index is 13.9. The first-order chi connectivity index (χ1) is 15.6. The van der Waals surface area contributed by atoms with Crippen LogP contribution in [0.3, 0.4) is 0 Å². The number of rotatable bonds is 6. The zero-order valence-corrected chi connectivity index (χ0v) is 18.5. The van der Waals surface area contributed by atoms with Crippen molar-refractivity contribution >= 4 is 10.9 Å². The molecule has 3 heterocycles. The lowest BCUT2D eigenvalue weighted by atomic mass is 9.68. The molecule has 2 aliphatic heterocycles. The molecule has 3 aliphatic rings. The van der Waals surface area contributed by atoms with Crippen LogP contribution in [-0.4, -0.2) is 59.8 Å². The van der Waals surface area contributed by atoms with Crippen molar-refractivity contribution in [2.75, 3.05) is 39.9 Å². The largest absolute Gasteiger partial charge is 0.497 e. The quantitative estimate of drug-likeness (QED) is 0.618. The minimum Gasteiger partial charge on any atom is -0.497 e. The summed E-state index contributed by atoms with van der Waals surface area (Å²) in [5.41, 5.74) is 4.48. The molecule has 2 N–H and O–H groups in total. The SMILES string of the molecule is COc1ccc2c3c([nH]c2c1)[C@H](CO)N(Cc1cccc(F)c1)CC31CN(CC2CC2)C1. The monoisotopic (exact) mass is 435 g/mol. The standard InChI is InChI=1S/C26H30FN3O2/c1-32-20-7-8-21-22(10-20)28-25-23(13-31)30(12-18-3-2-4-19(27)9-18)16-26(24(21)25)14-29(15-26)11-17-5-6-17/h2-4,7-10,17,23,28,31H,5-6,11-16H2,1H3/t23-/m0/s1. The predicted octanol–water partition coefficient (Wildman–Crippen LogP) is 3.83. The molecule has 6 rings (SSSR count). The number of H-pyrrole nitrogens is 1. The summed E-state index contributed by atoms with van der Waals surface area (Å²) < 4.78 is 19.3. The number of aliphatic hydroxyl groups excluding tert-OH is 1. The first-order valence-electron chi connectivity index (χ1n) is 11.6. The van der Waals surface area contributed by atoms with E-state index in [9.17, 15) is 9.50 Å². The molecule has 1 saturated heterocycles. The second kappa shape index (κ2) is 7.58. The summed E-state index contributed by atoms with van der Waals surface area (Å²) >= 11 is 0. The minimum absolute atomic E-state index is 0.0220. The van der Waals surface area contributed by atoms with E-state index in [-0.39, 0.29) is 23.9 Å². The smallest absolute Gasteiger partial charge is 0.123 e. The van der Waals surface area contributed by atoms with E-state index in [0.717, 1.165) is 48.1 Å². The maximum atomic E-state index is 13.9. The molecular weight excluding hydrogens is 405 g/mol. The van der Waals surface area contributed by atoms with Gasteiger partial charge in [0.15, 0.2) is 0 Å². The fraction of sp³-hybridized carbons (Fsp3) is 0.462. The fourth-order valence-corrected chi connectivity index (χ4v) is 6.01. The lowest BCUT2D eigenvalue weighted by Gasteiger charge is -2.56. The third-order valence-electron chi connectivity index (χ3n) is 7.56. The normalized spacial score (nSPS) is 22.8. The topological polar surface area (TPSA) is 51.7 Å². The van der Waals surface area contributed by atoms with Gasteiger partial charge in [-0.1, -0.05) is 12.1 Å². The summed E-state index contributed by atoms with van der Waals surface area (Å²) in [4.78, 5) is 8.55. The Labute approximate surface area is 187 Å². The number of hydrogen-bond acceptors (Lipinski definition) is 4. The van der Waals surface area contributed by atoms with Crippen LogP contribution < -0.4 is 4.74 Å². The fourth-order valence-electron chi connectivity index (χ4n) is 6.01. The molecule has 3 aromatic rings. The Balaban J connectivity index is 1.41. The average Bonchev–Trinajstić information content (AvgIpc) is 3.49. The van der Waals surface area contributed by atoms with Gasteiger partial charge in [-0.05, 0) is 54.2 Å². The number of aromatic nitrogens is 1. The molecule has 1 aromatic heterocycles. The van der Waals surface area contributed by atoms with Gasteiger partial charge >= 0.3 is 0 Å². The van der Waals surface area contributed by atoms with Gasteiger partial charge in [0.2, 0.25) is 0 Å². The van der Waals surface area contributed by atoms with Crippen LogP contribution in [0.5, 0.6) is 5.75 Å². The molecule has 5 nitrogen and oxygen atoms in total. The van der Waals surface area contributed by atoms with Gasteiger partial charge in [0, 0.05) is 60.8 Å². The number of ether oxygens (including phenoxy) is 1. The van der Waals surface area contributed by atoms with Crippen LogP contribution in [0.4, 0.5) is 4.39 Å². The number of nitrogens with zero attached hydrogens (tertiary/aromatic N) is 2. The lowest BCUT2D eigenvalue weighted by Crippen LogP contribution is -2.66. The number of methoxy groups -OCH3 is 1. The van der Waals surface area contributed by atoms with Crippen molar-refractivity contribution in [3.05, 3.63) is 65.1 Å². The number of halogens is 1. The summed E-state index contributed by atoms with van der Waals surface area (Å²) in [7, 11) is 1.68. The summed E-state index contributed by atoms with van der Waals surface area (Å²) in [5, 5.41) is 11.7. The van der Waals surface area contributed by atoms with Gasteiger partial charge in [-0.3, -0.25) is 4.90 Å². The highest BCUT2D eigenvalue weighted by molar-refractivity contribution is 5.88. The van der Waals surface area contributed by atoms with Crippen molar-refractivity contribution < 1.29 is 14.2 Å². The van der Waals surface area contributed by atoms with Crippen molar-refractivity contribution in [3.8, 4) is 5.75 Å². The van der Waals surface area contributed by atoms with Crippen LogP contribution in [0.1, 0.15) is 35.7 Å². The zero-order valence-electron chi connectivity index (χ0n) is 18.5. The number of benzene rings is 2. The van der Waals surface area contributed by atoms with E-state index in [0.29, 0.717) is 6.54 Å². The number of hydrogen-bond donors (Lipinski definition) is 2. The van der Waals surface area contributed by atoms with Crippen LogP contribution in [0.25, 0.3) is 10.9 Å². The van der Waals surface area contributed by atoms with Crippen LogP contribution in [0.2, 0.25) is 0 Å². The summed E-state index contributed by atoms with van der Waals surface area (Å²) in [6.45, 7) is 4.77. The van der Waals surface area contributed by atoms with Gasteiger partial charge in [0.1, 0.15) is 11.6 Å². The molecule has 0 bridgehead atoms. The highest BCUT2D eigenvalue weighted by atomic mass is 19.1. The van der Waals surface area contributed by atoms with E-state index in [4.69, 9.17) is 4.74 Å². The second-order valence-corrected chi connectivity index (χ2v) is 9.95. The van der Waals surface area contributed by atoms with E-state index >= 15 is 0 Å². The van der Waals surface area contributed by atoms with E-state index in [1.165, 1.54) is 36.4 Å². The number of aliphatic hydroxyl groups is 1. The third kappa shape index (κ3) is 3.33. The lowest BCUT2D eigenvalue weighted by molar-refractivity contribution is -0.00989. The summed E-state index contributed by atoms with van der Waals surface area (Å²) in [6, 6.07) is 12.9. The summed E-state index contributed by atoms with van der Waals surface area (Å²) in [5.74, 6) is 1.48. The number of nitrogens with one attached hydrogen (secondary N) is 1. The Bertz CT molecular complexity index is 1150. The van der Waals surface area contributed by atoms with Gasteiger partial charge in [-0.2, -0.15) is 0 Å². The highest BCUT2D eigenvalue weighted by Crippen LogP contribution is 2.49. The number of fused-ring (bicyclic) bond motifs is 4. The Morgan fingerprint density at radius 1 is 1.16 bits per heavy atom. The van der Waals surface area contributed by atoms with E-state index in [1.807, 2.05) is 18.2 Å².